The molecule has 110 valence electrons. The average Bonchev–Trinajstić information content (AvgIpc) is 2.49. The Bertz CT molecular complexity index is 442. The molecule has 1 aliphatic rings. The second-order valence-corrected chi connectivity index (χ2v) is 5.24. The average molecular weight is 276 g/mol. The summed E-state index contributed by atoms with van der Waals surface area (Å²) in [6.07, 6.45) is 1.63. The lowest BCUT2D eigenvalue weighted by molar-refractivity contribution is -0.122. The summed E-state index contributed by atoms with van der Waals surface area (Å²) in [5, 5.41) is 6.47. The summed E-state index contributed by atoms with van der Waals surface area (Å²) in [4.78, 5) is 12.3. The molecule has 1 heterocycles. The third-order valence-corrected chi connectivity index (χ3v) is 3.79. The van der Waals surface area contributed by atoms with E-state index in [2.05, 4.69) is 30.5 Å². The van der Waals surface area contributed by atoms with Gasteiger partial charge in [0.15, 0.2) is 0 Å². The van der Waals surface area contributed by atoms with Crippen molar-refractivity contribution in [2.45, 2.75) is 32.7 Å². The molecule has 0 saturated carbocycles. The van der Waals surface area contributed by atoms with Gasteiger partial charge in [-0.1, -0.05) is 25.1 Å². The number of hydrogen-bond donors (Lipinski definition) is 2. The lowest BCUT2D eigenvalue weighted by atomic mass is 9.98. The van der Waals surface area contributed by atoms with E-state index in [9.17, 15) is 4.79 Å². The fourth-order valence-corrected chi connectivity index (χ4v) is 2.60. The van der Waals surface area contributed by atoms with E-state index in [1.165, 1.54) is 0 Å². The Morgan fingerprint density at radius 1 is 1.35 bits per heavy atom. The third-order valence-electron chi connectivity index (χ3n) is 3.79. The van der Waals surface area contributed by atoms with Crippen molar-refractivity contribution in [2.24, 2.45) is 5.92 Å². The summed E-state index contributed by atoms with van der Waals surface area (Å²) in [6.45, 7) is 6.48. The van der Waals surface area contributed by atoms with Crippen molar-refractivity contribution in [3.05, 3.63) is 29.8 Å². The number of ether oxygens (including phenoxy) is 1. The first-order valence-electron chi connectivity index (χ1n) is 7.43. The van der Waals surface area contributed by atoms with Gasteiger partial charge in [-0.15, -0.1) is 0 Å². The van der Waals surface area contributed by atoms with E-state index in [4.69, 9.17) is 4.74 Å². The molecule has 1 amide bonds. The molecule has 20 heavy (non-hydrogen) atoms. The van der Waals surface area contributed by atoms with Crippen LogP contribution in [0, 0.1) is 5.92 Å². The van der Waals surface area contributed by atoms with Gasteiger partial charge in [-0.05, 0) is 37.9 Å². The van der Waals surface area contributed by atoms with E-state index in [0.29, 0.717) is 13.2 Å². The fourth-order valence-electron chi connectivity index (χ4n) is 2.60. The van der Waals surface area contributed by atoms with Crippen LogP contribution in [-0.4, -0.2) is 25.7 Å². The van der Waals surface area contributed by atoms with Gasteiger partial charge >= 0.3 is 0 Å². The van der Waals surface area contributed by atoms with E-state index >= 15 is 0 Å². The number of carbonyl (C=O) groups is 1. The maximum atomic E-state index is 12.3. The van der Waals surface area contributed by atoms with Gasteiger partial charge in [0, 0.05) is 30.9 Å². The second kappa shape index (κ2) is 7.41. The molecular weight excluding hydrogens is 252 g/mol. The van der Waals surface area contributed by atoms with Crippen LogP contribution in [0.1, 0.15) is 38.3 Å². The molecule has 4 heteroatoms. The molecule has 1 unspecified atom stereocenters. The van der Waals surface area contributed by atoms with Crippen LogP contribution in [0.3, 0.4) is 0 Å². The molecule has 0 aliphatic carbocycles. The van der Waals surface area contributed by atoms with Crippen molar-refractivity contribution in [1.82, 2.24) is 5.32 Å². The minimum Gasteiger partial charge on any atom is -0.381 e. The Kier molecular flexibility index (Phi) is 5.56. The fraction of sp³-hybridized carbons (Fsp3) is 0.562. The van der Waals surface area contributed by atoms with Crippen molar-refractivity contribution in [3.63, 3.8) is 0 Å². The molecule has 0 bridgehead atoms. The van der Waals surface area contributed by atoms with E-state index in [1.807, 2.05) is 18.2 Å². The van der Waals surface area contributed by atoms with Crippen molar-refractivity contribution in [2.75, 3.05) is 25.1 Å². The predicted octanol–water partition coefficient (Wildman–Crippen LogP) is 2.72. The van der Waals surface area contributed by atoms with Gasteiger partial charge in [0.2, 0.25) is 5.91 Å². The molecule has 4 nitrogen and oxygen atoms in total. The van der Waals surface area contributed by atoms with Crippen LogP contribution >= 0.6 is 0 Å². The number of nitrogens with one attached hydrogen (secondary N) is 2. The summed E-state index contributed by atoms with van der Waals surface area (Å²) in [6, 6.07) is 8.23. The molecule has 1 saturated heterocycles. The highest BCUT2D eigenvalue weighted by Crippen LogP contribution is 2.24. The molecule has 1 aromatic rings. The highest BCUT2D eigenvalue weighted by atomic mass is 16.5. The first kappa shape index (κ1) is 15.0. The highest BCUT2D eigenvalue weighted by Gasteiger charge is 2.22. The summed E-state index contributed by atoms with van der Waals surface area (Å²) in [5.41, 5.74) is 2.05. The van der Waals surface area contributed by atoms with Crippen LogP contribution in [-0.2, 0) is 9.53 Å². The smallest absolute Gasteiger partial charge is 0.227 e. The molecule has 0 aromatic heterocycles. The summed E-state index contributed by atoms with van der Waals surface area (Å²) >= 11 is 0. The van der Waals surface area contributed by atoms with Crippen LogP contribution in [0.4, 0.5) is 5.69 Å². The first-order valence-corrected chi connectivity index (χ1v) is 7.43. The Balaban J connectivity index is 2.06. The van der Waals surface area contributed by atoms with Gasteiger partial charge < -0.3 is 15.4 Å². The number of benzene rings is 1. The number of rotatable bonds is 5. The summed E-state index contributed by atoms with van der Waals surface area (Å²) in [5.74, 6) is 0.190. The Morgan fingerprint density at radius 2 is 2.05 bits per heavy atom. The van der Waals surface area contributed by atoms with Gasteiger partial charge in [0.05, 0.1) is 0 Å². The number of anilines is 1. The summed E-state index contributed by atoms with van der Waals surface area (Å²) in [7, 11) is 0. The molecule has 2 rings (SSSR count). The summed E-state index contributed by atoms with van der Waals surface area (Å²) < 4.78 is 5.30. The molecule has 1 aliphatic heterocycles. The number of amides is 1. The minimum atomic E-state index is 0.0752. The Hall–Kier alpha value is -1.39. The lowest BCUT2D eigenvalue weighted by Gasteiger charge is -2.23. The van der Waals surface area contributed by atoms with Gasteiger partial charge in [-0.3, -0.25) is 4.79 Å². The van der Waals surface area contributed by atoms with E-state index in [0.717, 1.165) is 30.6 Å². The number of carbonyl (C=O) groups excluding carboxylic acids is 1. The quantitative estimate of drug-likeness (QED) is 0.869. The molecule has 1 aromatic carbocycles. The zero-order valence-electron chi connectivity index (χ0n) is 12.3. The zero-order valence-corrected chi connectivity index (χ0v) is 12.3. The van der Waals surface area contributed by atoms with Crippen LogP contribution in [0.25, 0.3) is 0 Å². The van der Waals surface area contributed by atoms with Crippen molar-refractivity contribution in [1.29, 1.82) is 0 Å². The van der Waals surface area contributed by atoms with Crippen LogP contribution < -0.4 is 10.6 Å². The third kappa shape index (κ3) is 3.81. The molecule has 2 N–H and O–H groups in total. The molecule has 1 atom stereocenters. The Morgan fingerprint density at radius 3 is 2.75 bits per heavy atom. The standard InChI is InChI=1S/C16H24N2O2/c1-3-17-12(2)14-6-4-5-7-15(14)18-16(19)13-8-10-20-11-9-13/h4-7,12-13,17H,3,8-11H2,1-2H3,(H,18,19). The van der Waals surface area contributed by atoms with Crippen molar-refractivity contribution < 1.29 is 9.53 Å². The molecule has 0 radical (unpaired) electrons. The zero-order chi connectivity index (χ0) is 14.4. The van der Waals surface area contributed by atoms with Crippen molar-refractivity contribution in [3.8, 4) is 0 Å². The van der Waals surface area contributed by atoms with E-state index < -0.39 is 0 Å². The largest absolute Gasteiger partial charge is 0.381 e. The van der Waals surface area contributed by atoms with E-state index in [1.54, 1.807) is 0 Å². The lowest BCUT2D eigenvalue weighted by Crippen LogP contribution is -2.29. The van der Waals surface area contributed by atoms with Crippen LogP contribution in [0.5, 0.6) is 0 Å². The van der Waals surface area contributed by atoms with Gasteiger partial charge in [0.25, 0.3) is 0 Å². The van der Waals surface area contributed by atoms with Gasteiger partial charge in [-0.2, -0.15) is 0 Å². The van der Waals surface area contributed by atoms with Crippen LogP contribution in [0.2, 0.25) is 0 Å². The second-order valence-electron chi connectivity index (χ2n) is 5.24. The number of para-hydroxylation sites is 1. The monoisotopic (exact) mass is 276 g/mol. The predicted molar refractivity (Wildman–Crippen MR) is 80.7 cm³/mol. The maximum Gasteiger partial charge on any atom is 0.227 e. The van der Waals surface area contributed by atoms with Gasteiger partial charge in [-0.25, -0.2) is 0 Å². The Labute approximate surface area is 120 Å². The van der Waals surface area contributed by atoms with Gasteiger partial charge in [0.1, 0.15) is 0 Å². The maximum absolute atomic E-state index is 12.3. The van der Waals surface area contributed by atoms with Crippen LogP contribution in [0.15, 0.2) is 24.3 Å². The van der Waals surface area contributed by atoms with Crippen molar-refractivity contribution >= 4 is 11.6 Å². The normalized spacial score (nSPS) is 17.7. The number of hydrogen-bond acceptors (Lipinski definition) is 3. The molecule has 0 spiro atoms. The topological polar surface area (TPSA) is 50.4 Å². The SMILES string of the molecule is CCNC(C)c1ccccc1NC(=O)C1CCOCC1. The molecular formula is C16H24N2O2. The highest BCUT2D eigenvalue weighted by molar-refractivity contribution is 5.93. The first-order chi connectivity index (χ1) is 9.72. The minimum absolute atomic E-state index is 0.0752. The molecule has 1 fully saturated rings. The van der Waals surface area contributed by atoms with E-state index in [-0.39, 0.29) is 17.9 Å².